The molecule has 1 aromatic heterocycles. The lowest BCUT2D eigenvalue weighted by Crippen LogP contribution is -2.30. The summed E-state index contributed by atoms with van der Waals surface area (Å²) in [5.74, 6) is -0.479. The summed E-state index contributed by atoms with van der Waals surface area (Å²) in [7, 11) is 0. The fourth-order valence-corrected chi connectivity index (χ4v) is 3.63. The maximum absolute atomic E-state index is 12.9. The van der Waals surface area contributed by atoms with Gasteiger partial charge in [0, 0.05) is 22.7 Å². The van der Waals surface area contributed by atoms with Crippen molar-refractivity contribution in [3.05, 3.63) is 115 Å². The molecule has 3 aromatic carbocycles. The predicted octanol–water partition coefficient (Wildman–Crippen LogP) is 3.28. The summed E-state index contributed by atoms with van der Waals surface area (Å²) in [6, 6.07) is 19.2. The summed E-state index contributed by atoms with van der Waals surface area (Å²) in [4.78, 5) is 42.6. The number of non-ortho nitro benzene ring substituents is 1. The summed E-state index contributed by atoms with van der Waals surface area (Å²) in [6.07, 6.45) is -1.49. The van der Waals surface area contributed by atoms with E-state index in [0.29, 0.717) is 0 Å². The van der Waals surface area contributed by atoms with Crippen LogP contribution in [0, 0.1) is 10.1 Å². The lowest BCUT2D eigenvalue weighted by Gasteiger charge is -2.15. The highest BCUT2D eigenvalue weighted by Gasteiger charge is 2.25. The summed E-state index contributed by atoms with van der Waals surface area (Å²) in [5.41, 5.74) is 2.20. The maximum atomic E-state index is 12.9. The van der Waals surface area contributed by atoms with Crippen molar-refractivity contribution in [1.82, 2.24) is 15.4 Å². The average Bonchev–Trinajstić information content (AvgIpc) is 2.84. The molecule has 0 fully saturated rings. The van der Waals surface area contributed by atoms with Crippen LogP contribution in [0.3, 0.4) is 0 Å². The summed E-state index contributed by atoms with van der Waals surface area (Å²) in [6.45, 7) is 0. The number of hydrazone groups is 1. The van der Waals surface area contributed by atoms with E-state index in [1.807, 2.05) is 6.07 Å². The van der Waals surface area contributed by atoms with Gasteiger partial charge in [-0.25, -0.2) is 10.4 Å². The number of halogens is 1. The van der Waals surface area contributed by atoms with Crippen LogP contribution < -0.4 is 11.0 Å². The van der Waals surface area contributed by atoms with Gasteiger partial charge in [-0.15, -0.1) is 0 Å². The Kier molecular flexibility index (Phi) is 6.95. The molecule has 0 spiro atoms. The van der Waals surface area contributed by atoms with Gasteiger partial charge < -0.3 is 10.1 Å². The molecule has 0 saturated heterocycles. The molecule has 11 heteroatoms. The van der Waals surface area contributed by atoms with Gasteiger partial charge in [-0.2, -0.15) is 5.10 Å². The van der Waals surface area contributed by atoms with Crippen molar-refractivity contribution in [2.45, 2.75) is 12.5 Å². The third kappa shape index (κ3) is 5.40. The topological polar surface area (TPSA) is 151 Å². The number of benzene rings is 3. The number of aromatic amines is 1. The van der Waals surface area contributed by atoms with Gasteiger partial charge in [0.1, 0.15) is 11.8 Å². The number of aromatic nitrogens is 2. The van der Waals surface area contributed by atoms with Crippen LogP contribution in [0.4, 0.5) is 5.69 Å². The Bertz CT molecular complexity index is 1500. The van der Waals surface area contributed by atoms with Crippen LogP contribution in [0.15, 0.2) is 82.7 Å². The van der Waals surface area contributed by atoms with Crippen molar-refractivity contribution in [3.8, 4) is 0 Å². The highest BCUT2D eigenvalue weighted by atomic mass is 35.5. The third-order valence-electron chi connectivity index (χ3n) is 5.10. The number of amides is 1. The van der Waals surface area contributed by atoms with Crippen LogP contribution in [-0.4, -0.2) is 31.6 Å². The smallest absolute Gasteiger partial charge is 0.276 e. The number of nitro groups is 1. The number of carbonyl (C=O) groups is 1. The molecule has 1 amide bonds. The van der Waals surface area contributed by atoms with Crippen LogP contribution in [0.5, 0.6) is 0 Å². The van der Waals surface area contributed by atoms with Gasteiger partial charge in [-0.1, -0.05) is 60.1 Å². The zero-order valence-electron chi connectivity index (χ0n) is 18.0. The van der Waals surface area contributed by atoms with E-state index in [-0.39, 0.29) is 45.1 Å². The number of carbonyl (C=O) groups excluding carboxylic acids is 1. The molecule has 1 heterocycles. The van der Waals surface area contributed by atoms with E-state index in [1.165, 1.54) is 18.2 Å². The Morgan fingerprint density at radius 3 is 2.57 bits per heavy atom. The second-order valence-corrected chi connectivity index (χ2v) is 7.90. The van der Waals surface area contributed by atoms with E-state index >= 15 is 0 Å². The van der Waals surface area contributed by atoms with Crippen LogP contribution in [0.1, 0.15) is 22.9 Å². The van der Waals surface area contributed by atoms with Gasteiger partial charge in [0.15, 0.2) is 5.69 Å². The number of H-pyrrole nitrogens is 1. The van der Waals surface area contributed by atoms with E-state index < -0.39 is 22.5 Å². The first-order valence-electron chi connectivity index (χ1n) is 10.3. The van der Waals surface area contributed by atoms with Crippen LogP contribution >= 0.6 is 11.6 Å². The largest absolute Gasteiger partial charge is 0.382 e. The number of rotatable bonds is 7. The lowest BCUT2D eigenvalue weighted by atomic mass is 10.0. The first-order valence-corrected chi connectivity index (χ1v) is 10.7. The van der Waals surface area contributed by atoms with Crippen molar-refractivity contribution in [2.75, 3.05) is 0 Å². The van der Waals surface area contributed by atoms with Gasteiger partial charge >= 0.3 is 0 Å². The Hall–Kier alpha value is -4.41. The van der Waals surface area contributed by atoms with Crippen LogP contribution in [0.25, 0.3) is 11.0 Å². The van der Waals surface area contributed by atoms with Gasteiger partial charge in [-0.05, 0) is 17.7 Å². The number of hydrogen-bond acceptors (Lipinski definition) is 7. The minimum atomic E-state index is -1.51. The van der Waals surface area contributed by atoms with Gasteiger partial charge in [0.2, 0.25) is 5.91 Å². The molecule has 4 rings (SSSR count). The second kappa shape index (κ2) is 10.2. The zero-order chi connectivity index (χ0) is 24.9. The summed E-state index contributed by atoms with van der Waals surface area (Å²) < 4.78 is 0. The number of fused-ring (bicyclic) bond motifs is 1. The lowest BCUT2D eigenvalue weighted by molar-refractivity contribution is -0.384. The van der Waals surface area contributed by atoms with E-state index in [9.17, 15) is 24.8 Å². The number of aliphatic hydroxyl groups excluding tert-OH is 1. The SMILES string of the molecule is O=C(Cc1ccccc1)N/N=C(/c1nc2ccc([N+](=O)[O-])cc2[nH]c1=O)C(O)c1ccccc1Cl. The van der Waals surface area contributed by atoms with Crippen molar-refractivity contribution >= 4 is 39.9 Å². The van der Waals surface area contributed by atoms with Gasteiger partial charge in [-0.3, -0.25) is 19.7 Å². The molecule has 1 unspecified atom stereocenters. The first kappa shape index (κ1) is 23.7. The molecule has 0 radical (unpaired) electrons. The summed E-state index contributed by atoms with van der Waals surface area (Å²) in [5, 5.41) is 26.4. The van der Waals surface area contributed by atoms with Crippen molar-refractivity contribution < 1.29 is 14.8 Å². The molecule has 35 heavy (non-hydrogen) atoms. The molecule has 0 saturated carbocycles. The van der Waals surface area contributed by atoms with Crippen molar-refractivity contribution in [1.29, 1.82) is 0 Å². The molecule has 10 nitrogen and oxygen atoms in total. The Labute approximate surface area is 203 Å². The highest BCUT2D eigenvalue weighted by molar-refractivity contribution is 6.31. The number of nitrogens with one attached hydrogen (secondary N) is 2. The number of nitro benzene ring substituents is 1. The third-order valence-corrected chi connectivity index (χ3v) is 5.44. The fourth-order valence-electron chi connectivity index (χ4n) is 3.39. The van der Waals surface area contributed by atoms with Crippen LogP contribution in [0.2, 0.25) is 5.02 Å². The van der Waals surface area contributed by atoms with E-state index in [1.54, 1.807) is 48.5 Å². The molecule has 176 valence electrons. The summed E-state index contributed by atoms with van der Waals surface area (Å²) >= 11 is 6.23. The number of hydrogen-bond donors (Lipinski definition) is 3. The van der Waals surface area contributed by atoms with Gasteiger partial charge in [0.05, 0.1) is 22.4 Å². The zero-order valence-corrected chi connectivity index (χ0v) is 18.8. The van der Waals surface area contributed by atoms with Crippen molar-refractivity contribution in [2.24, 2.45) is 5.10 Å². The Morgan fingerprint density at radius 2 is 1.86 bits per heavy atom. The molecular formula is C24H18ClN5O5. The Morgan fingerprint density at radius 1 is 1.14 bits per heavy atom. The first-order chi connectivity index (χ1) is 16.8. The molecule has 0 aliphatic carbocycles. The van der Waals surface area contributed by atoms with E-state index in [2.05, 4.69) is 20.5 Å². The average molecular weight is 492 g/mol. The standard InChI is InChI=1S/C24H18ClN5O5/c25-17-9-5-4-8-16(17)23(32)21(29-28-20(31)12-14-6-2-1-3-7-14)22-24(33)27-19-13-15(30(34)35)10-11-18(19)26-22/h1-11,13,23,32H,12H2,(H,27,33)(H,28,31)/b29-21-. The number of nitrogens with zero attached hydrogens (tertiary/aromatic N) is 3. The molecule has 3 N–H and O–H groups in total. The monoisotopic (exact) mass is 491 g/mol. The predicted molar refractivity (Wildman–Crippen MR) is 130 cm³/mol. The minimum absolute atomic E-state index is 0.0188. The molecule has 0 bridgehead atoms. The Balaban J connectivity index is 1.76. The van der Waals surface area contributed by atoms with E-state index in [4.69, 9.17) is 11.6 Å². The fraction of sp³-hybridized carbons (Fsp3) is 0.0833. The number of aliphatic hydroxyl groups is 1. The van der Waals surface area contributed by atoms with E-state index in [0.717, 1.165) is 5.56 Å². The highest BCUT2D eigenvalue weighted by Crippen LogP contribution is 2.25. The molecule has 4 aromatic rings. The van der Waals surface area contributed by atoms with Crippen molar-refractivity contribution in [3.63, 3.8) is 0 Å². The normalized spacial score (nSPS) is 12.3. The van der Waals surface area contributed by atoms with Crippen LogP contribution in [-0.2, 0) is 11.2 Å². The van der Waals surface area contributed by atoms with Gasteiger partial charge in [0.25, 0.3) is 11.2 Å². The minimum Gasteiger partial charge on any atom is -0.382 e. The molecular weight excluding hydrogens is 474 g/mol. The molecule has 1 atom stereocenters. The quantitative estimate of drug-likeness (QED) is 0.205. The maximum Gasteiger partial charge on any atom is 0.276 e. The second-order valence-electron chi connectivity index (χ2n) is 7.49. The molecule has 0 aliphatic rings. The molecule has 0 aliphatic heterocycles.